The van der Waals surface area contributed by atoms with E-state index in [0.717, 1.165) is 22.3 Å². The SMILES string of the molecule is Oc1c(Cc2cccc(C3CCCCC3)c2O)cccc1C1CCCCC1. The van der Waals surface area contributed by atoms with Crippen LogP contribution in [0, 0.1) is 0 Å². The van der Waals surface area contributed by atoms with Crippen molar-refractivity contribution in [3.63, 3.8) is 0 Å². The summed E-state index contributed by atoms with van der Waals surface area (Å²) in [7, 11) is 0. The Morgan fingerprint density at radius 2 is 1.00 bits per heavy atom. The molecule has 2 N–H and O–H groups in total. The summed E-state index contributed by atoms with van der Waals surface area (Å²) in [5.41, 5.74) is 4.09. The molecule has 2 fully saturated rings. The molecule has 2 aromatic rings. The molecule has 0 amide bonds. The van der Waals surface area contributed by atoms with E-state index in [4.69, 9.17) is 0 Å². The minimum absolute atomic E-state index is 0.451. The lowest BCUT2D eigenvalue weighted by Crippen LogP contribution is -2.07. The van der Waals surface area contributed by atoms with E-state index in [1.165, 1.54) is 64.2 Å². The molecule has 4 rings (SSSR count). The topological polar surface area (TPSA) is 40.5 Å². The second-order valence-electron chi connectivity index (χ2n) is 8.56. The molecule has 0 bridgehead atoms. The maximum Gasteiger partial charge on any atom is 0.122 e. The Morgan fingerprint density at radius 3 is 1.41 bits per heavy atom. The largest absolute Gasteiger partial charge is 0.507 e. The zero-order chi connectivity index (χ0) is 18.6. The van der Waals surface area contributed by atoms with Crippen LogP contribution < -0.4 is 0 Å². The van der Waals surface area contributed by atoms with Gasteiger partial charge in [-0.15, -0.1) is 0 Å². The van der Waals surface area contributed by atoms with Crippen molar-refractivity contribution in [2.24, 2.45) is 0 Å². The molecule has 2 aromatic carbocycles. The Hall–Kier alpha value is -1.96. The lowest BCUT2D eigenvalue weighted by atomic mass is 9.81. The first kappa shape index (κ1) is 18.4. The first-order chi connectivity index (χ1) is 13.2. The van der Waals surface area contributed by atoms with E-state index in [0.29, 0.717) is 29.8 Å². The third-order valence-electron chi connectivity index (χ3n) is 6.77. The zero-order valence-corrected chi connectivity index (χ0v) is 16.3. The maximum absolute atomic E-state index is 10.9. The van der Waals surface area contributed by atoms with Gasteiger partial charge in [0.05, 0.1) is 0 Å². The smallest absolute Gasteiger partial charge is 0.122 e. The maximum atomic E-state index is 10.9. The minimum Gasteiger partial charge on any atom is -0.507 e. The highest BCUT2D eigenvalue weighted by Crippen LogP contribution is 2.41. The zero-order valence-electron chi connectivity index (χ0n) is 16.3. The summed E-state index contributed by atoms with van der Waals surface area (Å²) in [6, 6.07) is 12.3. The molecular weight excluding hydrogens is 332 g/mol. The number of para-hydroxylation sites is 2. The average Bonchev–Trinajstić information content (AvgIpc) is 2.72. The van der Waals surface area contributed by atoms with Crippen LogP contribution in [0.5, 0.6) is 11.5 Å². The van der Waals surface area contributed by atoms with Gasteiger partial charge in [-0.2, -0.15) is 0 Å². The standard InChI is InChI=1S/C25H32O2/c26-24-20(13-7-15-22(24)18-9-3-1-4-10-18)17-21-14-8-16-23(25(21)27)19-11-5-2-6-12-19/h7-8,13-16,18-19,26-27H,1-6,9-12,17H2. The van der Waals surface area contributed by atoms with E-state index in [1.54, 1.807) is 0 Å². The molecule has 2 heteroatoms. The molecule has 0 spiro atoms. The van der Waals surface area contributed by atoms with Gasteiger partial charge in [-0.25, -0.2) is 0 Å². The molecule has 0 saturated heterocycles. The first-order valence-corrected chi connectivity index (χ1v) is 10.9. The van der Waals surface area contributed by atoms with Gasteiger partial charge < -0.3 is 10.2 Å². The highest BCUT2D eigenvalue weighted by Gasteiger charge is 2.22. The highest BCUT2D eigenvalue weighted by molar-refractivity contribution is 5.49. The van der Waals surface area contributed by atoms with E-state index in [9.17, 15) is 10.2 Å². The molecule has 2 nitrogen and oxygen atoms in total. The molecule has 27 heavy (non-hydrogen) atoms. The van der Waals surface area contributed by atoms with E-state index < -0.39 is 0 Å². The van der Waals surface area contributed by atoms with Gasteiger partial charge in [0.25, 0.3) is 0 Å². The van der Waals surface area contributed by atoms with Crippen LogP contribution in [-0.2, 0) is 6.42 Å². The molecule has 0 unspecified atom stereocenters. The van der Waals surface area contributed by atoms with E-state index in [-0.39, 0.29) is 0 Å². The molecule has 0 heterocycles. The number of aromatic hydroxyl groups is 2. The van der Waals surface area contributed by atoms with Crippen molar-refractivity contribution >= 4 is 0 Å². The van der Waals surface area contributed by atoms with Crippen LogP contribution in [0.2, 0.25) is 0 Å². The Bertz CT molecular complexity index is 702. The van der Waals surface area contributed by atoms with Gasteiger partial charge in [0.1, 0.15) is 11.5 Å². The number of phenolic OH excluding ortho intramolecular Hbond substituents is 2. The summed E-state index contributed by atoms with van der Waals surface area (Å²) in [5, 5.41) is 21.9. The summed E-state index contributed by atoms with van der Waals surface area (Å²) in [5.74, 6) is 1.88. The fraction of sp³-hybridized carbons (Fsp3) is 0.520. The Kier molecular flexibility index (Phi) is 5.71. The number of benzene rings is 2. The fourth-order valence-electron chi connectivity index (χ4n) is 5.20. The van der Waals surface area contributed by atoms with Crippen molar-refractivity contribution in [1.29, 1.82) is 0 Å². The van der Waals surface area contributed by atoms with Crippen LogP contribution in [0.15, 0.2) is 36.4 Å². The first-order valence-electron chi connectivity index (χ1n) is 10.9. The van der Waals surface area contributed by atoms with E-state index >= 15 is 0 Å². The molecule has 2 saturated carbocycles. The van der Waals surface area contributed by atoms with E-state index in [1.807, 2.05) is 12.1 Å². The van der Waals surface area contributed by atoms with Gasteiger partial charge in [0.2, 0.25) is 0 Å². The number of hydrogen-bond donors (Lipinski definition) is 2. The third-order valence-corrected chi connectivity index (χ3v) is 6.77. The minimum atomic E-state index is 0.451. The second kappa shape index (κ2) is 8.37. The summed E-state index contributed by atoms with van der Waals surface area (Å²) in [6.07, 6.45) is 13.0. The van der Waals surface area contributed by atoms with Crippen LogP contribution >= 0.6 is 0 Å². The van der Waals surface area contributed by atoms with Gasteiger partial charge in [-0.1, -0.05) is 74.9 Å². The number of rotatable bonds is 4. The van der Waals surface area contributed by atoms with Gasteiger partial charge in [-0.05, 0) is 59.8 Å². The third kappa shape index (κ3) is 4.00. The van der Waals surface area contributed by atoms with Crippen molar-refractivity contribution < 1.29 is 10.2 Å². The molecule has 144 valence electrons. The van der Waals surface area contributed by atoms with Crippen LogP contribution in [0.1, 0.15) is 98.3 Å². The van der Waals surface area contributed by atoms with Gasteiger partial charge in [0, 0.05) is 6.42 Å². The molecule has 2 aliphatic carbocycles. The van der Waals surface area contributed by atoms with Crippen LogP contribution in [0.4, 0.5) is 0 Å². The molecular formula is C25H32O2. The van der Waals surface area contributed by atoms with Gasteiger partial charge >= 0.3 is 0 Å². The van der Waals surface area contributed by atoms with Crippen molar-refractivity contribution in [3.05, 3.63) is 58.7 Å². The van der Waals surface area contributed by atoms with Gasteiger partial charge in [-0.3, -0.25) is 0 Å². The molecule has 0 aliphatic heterocycles. The molecule has 2 aliphatic rings. The summed E-state index contributed by atoms with van der Waals surface area (Å²) in [6.45, 7) is 0. The predicted octanol–water partition coefficient (Wildman–Crippen LogP) is 6.78. The highest BCUT2D eigenvalue weighted by atomic mass is 16.3. The molecule has 0 radical (unpaired) electrons. The summed E-state index contributed by atoms with van der Waals surface area (Å²) in [4.78, 5) is 0. The van der Waals surface area contributed by atoms with Gasteiger partial charge in [0.15, 0.2) is 0 Å². The quantitative estimate of drug-likeness (QED) is 0.627. The van der Waals surface area contributed by atoms with Crippen LogP contribution in [0.25, 0.3) is 0 Å². The summed E-state index contributed by atoms with van der Waals surface area (Å²) >= 11 is 0. The Balaban J connectivity index is 1.59. The van der Waals surface area contributed by atoms with E-state index in [2.05, 4.69) is 24.3 Å². The Labute approximate surface area is 163 Å². The number of phenols is 2. The normalized spacial score (nSPS) is 19.3. The number of hydrogen-bond acceptors (Lipinski definition) is 2. The molecule has 0 atom stereocenters. The fourth-order valence-corrected chi connectivity index (χ4v) is 5.20. The molecule has 0 aromatic heterocycles. The van der Waals surface area contributed by atoms with Crippen molar-refractivity contribution in [2.45, 2.75) is 82.5 Å². The second-order valence-corrected chi connectivity index (χ2v) is 8.56. The van der Waals surface area contributed by atoms with Crippen molar-refractivity contribution in [2.75, 3.05) is 0 Å². The van der Waals surface area contributed by atoms with Crippen molar-refractivity contribution in [3.8, 4) is 11.5 Å². The van der Waals surface area contributed by atoms with Crippen LogP contribution in [-0.4, -0.2) is 10.2 Å². The van der Waals surface area contributed by atoms with Crippen molar-refractivity contribution in [1.82, 2.24) is 0 Å². The lowest BCUT2D eigenvalue weighted by molar-refractivity contribution is 0.409. The summed E-state index contributed by atoms with van der Waals surface area (Å²) < 4.78 is 0. The lowest BCUT2D eigenvalue weighted by Gasteiger charge is -2.25. The average molecular weight is 365 g/mol. The van der Waals surface area contributed by atoms with Crippen LogP contribution in [0.3, 0.4) is 0 Å². The Morgan fingerprint density at radius 1 is 0.593 bits per heavy atom. The monoisotopic (exact) mass is 364 g/mol. The predicted molar refractivity (Wildman–Crippen MR) is 111 cm³/mol.